The Bertz CT molecular complexity index is 2040. The third-order valence-electron chi connectivity index (χ3n) is 7.37. The second-order valence-corrected chi connectivity index (χ2v) is 13.2. The first-order valence-electron chi connectivity index (χ1n) is 14.1. The van der Waals surface area contributed by atoms with Gasteiger partial charge in [0.2, 0.25) is 26.6 Å². The van der Waals surface area contributed by atoms with Gasteiger partial charge in [-0.15, -0.1) is 0 Å². The lowest BCUT2D eigenvalue weighted by Gasteiger charge is -2.26. The molecule has 1 unspecified atom stereocenters. The molecule has 0 bridgehead atoms. The van der Waals surface area contributed by atoms with Crippen LogP contribution in [0.5, 0.6) is 0 Å². The molecular weight excluding hydrogens is 604 g/mol. The van der Waals surface area contributed by atoms with Crippen LogP contribution in [0.2, 0.25) is 0 Å². The van der Waals surface area contributed by atoms with E-state index in [9.17, 15) is 18.0 Å². The van der Waals surface area contributed by atoms with Gasteiger partial charge in [-0.25, -0.2) is 18.2 Å². The lowest BCUT2D eigenvalue weighted by Crippen LogP contribution is -2.39. The lowest BCUT2D eigenvalue weighted by molar-refractivity contribution is -0.139. The molecule has 4 heterocycles. The van der Waals surface area contributed by atoms with Gasteiger partial charge in [0.15, 0.2) is 4.80 Å². The molecule has 0 spiro atoms. The predicted molar refractivity (Wildman–Crippen MR) is 163 cm³/mol. The Hall–Kier alpha value is -4.33. The van der Waals surface area contributed by atoms with Crippen molar-refractivity contribution in [1.29, 1.82) is 0 Å². The Balaban J connectivity index is 1.51. The van der Waals surface area contributed by atoms with Crippen molar-refractivity contribution >= 4 is 39.1 Å². The van der Waals surface area contributed by atoms with Gasteiger partial charge in [0, 0.05) is 19.2 Å². The smallest absolute Gasteiger partial charge is 0.338 e. The molecular formula is C31H30N4O7S2. The highest BCUT2D eigenvalue weighted by molar-refractivity contribution is 7.91. The predicted octanol–water partition coefficient (Wildman–Crippen LogP) is 2.76. The molecule has 44 heavy (non-hydrogen) atoms. The molecule has 228 valence electrons. The Labute approximate surface area is 257 Å². The number of carbonyl (C=O) groups is 1. The Morgan fingerprint density at radius 1 is 1.09 bits per heavy atom. The van der Waals surface area contributed by atoms with Crippen LogP contribution in [0, 0.1) is 6.92 Å². The summed E-state index contributed by atoms with van der Waals surface area (Å²) in [7, 11) is -4.06. The van der Waals surface area contributed by atoms with Crippen molar-refractivity contribution in [3.8, 4) is 0 Å². The van der Waals surface area contributed by atoms with Gasteiger partial charge in [0.05, 0.1) is 42.0 Å². The summed E-state index contributed by atoms with van der Waals surface area (Å²) in [4.78, 5) is 38.3. The van der Waals surface area contributed by atoms with Crippen molar-refractivity contribution in [3.05, 3.63) is 103 Å². The molecule has 6 rings (SSSR count). The zero-order valence-electron chi connectivity index (χ0n) is 24.3. The van der Waals surface area contributed by atoms with Gasteiger partial charge in [-0.05, 0) is 38.5 Å². The van der Waals surface area contributed by atoms with Crippen molar-refractivity contribution in [2.45, 2.75) is 36.7 Å². The SMILES string of the molecule is CCOC(=O)C1=C(C)N=c2s/c(=C/c3nc(S(=O)(=O)c4ccc(C)cc4)c(N4CCOCC4)o3)c(=O)n2C1c1ccccc1. The molecule has 13 heteroatoms. The van der Waals surface area contributed by atoms with E-state index in [4.69, 9.17) is 13.9 Å². The van der Waals surface area contributed by atoms with Gasteiger partial charge in [0.1, 0.15) is 4.53 Å². The molecule has 0 radical (unpaired) electrons. The number of esters is 1. The Morgan fingerprint density at radius 2 is 1.80 bits per heavy atom. The minimum absolute atomic E-state index is 0.0416. The van der Waals surface area contributed by atoms with Gasteiger partial charge in [-0.3, -0.25) is 9.36 Å². The third-order valence-corrected chi connectivity index (χ3v) is 10.0. The van der Waals surface area contributed by atoms with Crippen LogP contribution in [0.15, 0.2) is 90.0 Å². The van der Waals surface area contributed by atoms with E-state index in [0.717, 1.165) is 22.5 Å². The molecule has 2 aromatic carbocycles. The average molecular weight is 635 g/mol. The van der Waals surface area contributed by atoms with Gasteiger partial charge < -0.3 is 18.8 Å². The van der Waals surface area contributed by atoms with Crippen LogP contribution in [-0.2, 0) is 24.1 Å². The standard InChI is InChI=1S/C31H30N4O7S2/c1-4-41-30(37)25-20(3)32-31-35(26(25)21-8-6-5-7-9-21)28(36)23(43-31)18-24-33-27(29(42-24)34-14-16-40-17-15-34)44(38,39)22-12-10-19(2)11-13-22/h5-13,18,26H,4,14-17H2,1-3H3/b23-18+. The third kappa shape index (κ3) is 5.42. The second kappa shape index (κ2) is 12.0. The number of allylic oxidation sites excluding steroid dienone is 1. The van der Waals surface area contributed by atoms with Crippen molar-refractivity contribution in [2.75, 3.05) is 37.8 Å². The number of anilines is 1. The quantitative estimate of drug-likeness (QED) is 0.282. The van der Waals surface area contributed by atoms with Crippen molar-refractivity contribution in [1.82, 2.24) is 9.55 Å². The van der Waals surface area contributed by atoms with Crippen LogP contribution in [-0.4, -0.2) is 56.8 Å². The molecule has 2 aliphatic rings. The minimum Gasteiger partial charge on any atom is -0.463 e. The number of benzene rings is 2. The second-order valence-electron chi connectivity index (χ2n) is 10.3. The lowest BCUT2D eigenvalue weighted by atomic mass is 9.96. The number of carbonyl (C=O) groups excluding carboxylic acids is 1. The fourth-order valence-electron chi connectivity index (χ4n) is 5.20. The van der Waals surface area contributed by atoms with E-state index in [1.807, 2.05) is 37.3 Å². The van der Waals surface area contributed by atoms with E-state index in [-0.39, 0.29) is 38.4 Å². The maximum absolute atomic E-state index is 14.0. The van der Waals surface area contributed by atoms with E-state index < -0.39 is 27.4 Å². The summed E-state index contributed by atoms with van der Waals surface area (Å²) in [6, 6.07) is 14.9. The van der Waals surface area contributed by atoms with E-state index in [2.05, 4.69) is 9.98 Å². The molecule has 1 atom stereocenters. The Kier molecular flexibility index (Phi) is 8.10. The largest absolute Gasteiger partial charge is 0.463 e. The van der Waals surface area contributed by atoms with Crippen LogP contribution < -0.4 is 19.8 Å². The molecule has 4 aromatic rings. The highest BCUT2D eigenvalue weighted by Crippen LogP contribution is 2.33. The number of thiazole rings is 1. The number of hydrogen-bond acceptors (Lipinski definition) is 11. The van der Waals surface area contributed by atoms with E-state index in [1.165, 1.54) is 22.8 Å². The number of hydrogen-bond donors (Lipinski definition) is 0. The van der Waals surface area contributed by atoms with Crippen molar-refractivity contribution < 1.29 is 27.1 Å². The van der Waals surface area contributed by atoms with Gasteiger partial charge in [-0.1, -0.05) is 59.4 Å². The van der Waals surface area contributed by atoms with Crippen LogP contribution in [0.4, 0.5) is 5.88 Å². The number of morpholine rings is 1. The Morgan fingerprint density at radius 3 is 2.48 bits per heavy atom. The zero-order valence-corrected chi connectivity index (χ0v) is 26.0. The van der Waals surface area contributed by atoms with Crippen LogP contribution in [0.3, 0.4) is 0 Å². The van der Waals surface area contributed by atoms with Gasteiger partial charge in [-0.2, -0.15) is 4.98 Å². The molecule has 0 N–H and O–H groups in total. The monoisotopic (exact) mass is 634 g/mol. The van der Waals surface area contributed by atoms with E-state index in [0.29, 0.717) is 36.8 Å². The molecule has 0 saturated carbocycles. The summed E-state index contributed by atoms with van der Waals surface area (Å²) in [6.07, 6.45) is 1.42. The summed E-state index contributed by atoms with van der Waals surface area (Å²) in [5.74, 6) is -0.499. The summed E-state index contributed by atoms with van der Waals surface area (Å²) in [5.41, 5.74) is 1.93. The normalized spacial score (nSPS) is 17.4. The van der Waals surface area contributed by atoms with Crippen molar-refractivity contribution in [2.24, 2.45) is 4.99 Å². The van der Waals surface area contributed by atoms with Crippen LogP contribution >= 0.6 is 11.3 Å². The molecule has 0 aliphatic carbocycles. The summed E-state index contributed by atoms with van der Waals surface area (Å²) < 4.78 is 46.1. The molecule has 11 nitrogen and oxygen atoms in total. The minimum atomic E-state index is -4.06. The first-order valence-corrected chi connectivity index (χ1v) is 16.4. The van der Waals surface area contributed by atoms with E-state index >= 15 is 0 Å². The fourth-order valence-corrected chi connectivity index (χ4v) is 7.54. The average Bonchev–Trinajstić information content (AvgIpc) is 3.59. The molecule has 0 amide bonds. The highest BCUT2D eigenvalue weighted by atomic mass is 32.2. The number of rotatable bonds is 7. The number of nitrogens with zero attached hydrogens (tertiary/aromatic N) is 4. The number of oxazole rings is 1. The van der Waals surface area contributed by atoms with E-state index in [1.54, 1.807) is 30.9 Å². The fraction of sp³-hybridized carbons (Fsp3) is 0.290. The number of ether oxygens (including phenoxy) is 2. The maximum atomic E-state index is 14.0. The van der Waals surface area contributed by atoms with Crippen LogP contribution in [0.25, 0.3) is 6.08 Å². The molecule has 1 saturated heterocycles. The first-order chi connectivity index (χ1) is 21.2. The van der Waals surface area contributed by atoms with Crippen LogP contribution in [0.1, 0.15) is 36.9 Å². The summed E-state index contributed by atoms with van der Waals surface area (Å²) >= 11 is 1.10. The number of aromatic nitrogens is 2. The van der Waals surface area contributed by atoms with Gasteiger partial charge >= 0.3 is 5.97 Å². The van der Waals surface area contributed by atoms with Crippen molar-refractivity contribution in [3.63, 3.8) is 0 Å². The number of aryl methyl sites for hydroxylation is 1. The summed E-state index contributed by atoms with van der Waals surface area (Å²) in [5, 5.41) is -0.232. The first kappa shape index (κ1) is 29.7. The molecule has 2 aromatic heterocycles. The highest BCUT2D eigenvalue weighted by Gasteiger charge is 2.34. The maximum Gasteiger partial charge on any atom is 0.338 e. The molecule has 2 aliphatic heterocycles. The number of sulfone groups is 1. The zero-order chi connectivity index (χ0) is 31.0. The topological polar surface area (TPSA) is 133 Å². The number of fused-ring (bicyclic) bond motifs is 1. The summed E-state index contributed by atoms with van der Waals surface area (Å²) in [6.45, 7) is 7.12. The molecule has 1 fully saturated rings. The van der Waals surface area contributed by atoms with Gasteiger partial charge in [0.25, 0.3) is 5.56 Å².